The Morgan fingerprint density at radius 1 is 1.28 bits per heavy atom. The van der Waals surface area contributed by atoms with Crippen LogP contribution >= 0.6 is 24.0 Å². The molecule has 25 heavy (non-hydrogen) atoms. The number of anilines is 1. The molecule has 0 atom stereocenters. The SMILES string of the molecule is CN(CCN=C(N)Nc1ccc(OC(F)(F)F)cc1)C1CCCC1.I. The van der Waals surface area contributed by atoms with Crippen molar-refractivity contribution in [3.8, 4) is 5.75 Å². The highest BCUT2D eigenvalue weighted by Gasteiger charge is 2.30. The van der Waals surface area contributed by atoms with Crippen LogP contribution in [0.15, 0.2) is 29.3 Å². The fraction of sp³-hybridized carbons (Fsp3) is 0.562. The zero-order valence-electron chi connectivity index (χ0n) is 14.1. The van der Waals surface area contributed by atoms with Gasteiger partial charge >= 0.3 is 6.36 Å². The molecule has 0 saturated heterocycles. The van der Waals surface area contributed by atoms with E-state index in [0.29, 0.717) is 18.3 Å². The van der Waals surface area contributed by atoms with E-state index in [1.54, 1.807) is 0 Å². The molecule has 0 heterocycles. The van der Waals surface area contributed by atoms with Crippen molar-refractivity contribution in [3.05, 3.63) is 24.3 Å². The van der Waals surface area contributed by atoms with Crippen molar-refractivity contribution < 1.29 is 17.9 Å². The predicted molar refractivity (Wildman–Crippen MR) is 104 cm³/mol. The van der Waals surface area contributed by atoms with Gasteiger partial charge in [0.1, 0.15) is 5.75 Å². The second-order valence-electron chi connectivity index (χ2n) is 5.88. The van der Waals surface area contributed by atoms with Gasteiger partial charge in [-0.3, -0.25) is 4.99 Å². The molecule has 1 aliphatic rings. The molecule has 0 bridgehead atoms. The Morgan fingerprint density at radius 3 is 2.44 bits per heavy atom. The van der Waals surface area contributed by atoms with E-state index in [4.69, 9.17) is 5.73 Å². The molecule has 9 heteroatoms. The molecule has 5 nitrogen and oxygen atoms in total. The van der Waals surface area contributed by atoms with Crippen LogP contribution in [0.3, 0.4) is 0 Å². The summed E-state index contributed by atoms with van der Waals surface area (Å²) in [5.41, 5.74) is 6.35. The largest absolute Gasteiger partial charge is 0.573 e. The molecular formula is C16H24F3IN4O. The van der Waals surface area contributed by atoms with Crippen LogP contribution in [0.5, 0.6) is 5.75 Å². The summed E-state index contributed by atoms with van der Waals surface area (Å²) in [5.74, 6) is -0.0407. The summed E-state index contributed by atoms with van der Waals surface area (Å²) >= 11 is 0. The van der Waals surface area contributed by atoms with E-state index in [1.807, 2.05) is 0 Å². The Hall–Kier alpha value is -1.23. The average molecular weight is 472 g/mol. The highest BCUT2D eigenvalue weighted by atomic mass is 127. The molecule has 2 rings (SSSR count). The van der Waals surface area contributed by atoms with Crippen LogP contribution in [-0.4, -0.2) is 43.4 Å². The van der Waals surface area contributed by atoms with E-state index in [9.17, 15) is 13.2 Å². The number of ether oxygens (including phenoxy) is 1. The predicted octanol–water partition coefficient (Wildman–Crippen LogP) is 3.80. The molecule has 0 radical (unpaired) electrons. The van der Waals surface area contributed by atoms with Crippen LogP contribution in [0.1, 0.15) is 25.7 Å². The van der Waals surface area contributed by atoms with E-state index in [1.165, 1.54) is 49.9 Å². The van der Waals surface area contributed by atoms with Gasteiger partial charge in [-0.1, -0.05) is 12.8 Å². The summed E-state index contributed by atoms with van der Waals surface area (Å²) in [6.45, 7) is 1.40. The maximum atomic E-state index is 12.1. The number of aliphatic imine (C=N–C) groups is 1. The van der Waals surface area contributed by atoms with Gasteiger partial charge in [-0.25, -0.2) is 0 Å². The summed E-state index contributed by atoms with van der Waals surface area (Å²) in [4.78, 5) is 6.54. The number of likely N-dealkylation sites (N-methyl/N-ethyl adjacent to an activating group) is 1. The van der Waals surface area contributed by atoms with Crippen molar-refractivity contribution in [3.63, 3.8) is 0 Å². The van der Waals surface area contributed by atoms with Crippen molar-refractivity contribution in [1.29, 1.82) is 0 Å². The highest BCUT2D eigenvalue weighted by Crippen LogP contribution is 2.24. The van der Waals surface area contributed by atoms with Gasteiger partial charge in [-0.05, 0) is 44.2 Å². The van der Waals surface area contributed by atoms with Gasteiger partial charge in [-0.15, -0.1) is 37.1 Å². The lowest BCUT2D eigenvalue weighted by Gasteiger charge is -2.22. The highest BCUT2D eigenvalue weighted by molar-refractivity contribution is 14.0. The maximum Gasteiger partial charge on any atom is 0.573 e. The molecule has 1 aromatic rings. The van der Waals surface area contributed by atoms with E-state index >= 15 is 0 Å². The zero-order valence-corrected chi connectivity index (χ0v) is 16.4. The molecular weight excluding hydrogens is 448 g/mol. The van der Waals surface area contributed by atoms with E-state index in [2.05, 4.69) is 27.0 Å². The molecule has 0 unspecified atom stereocenters. The van der Waals surface area contributed by atoms with Crippen LogP contribution < -0.4 is 15.8 Å². The zero-order chi connectivity index (χ0) is 17.6. The minimum Gasteiger partial charge on any atom is -0.406 e. The van der Waals surface area contributed by atoms with Crippen LogP contribution in [0.2, 0.25) is 0 Å². The number of hydrogen-bond donors (Lipinski definition) is 2. The number of nitrogens with one attached hydrogen (secondary N) is 1. The fourth-order valence-electron chi connectivity index (χ4n) is 2.78. The summed E-state index contributed by atoms with van der Waals surface area (Å²) < 4.78 is 40.1. The first-order valence-electron chi connectivity index (χ1n) is 7.96. The fourth-order valence-corrected chi connectivity index (χ4v) is 2.78. The monoisotopic (exact) mass is 472 g/mol. The number of guanidine groups is 1. The van der Waals surface area contributed by atoms with Crippen molar-refractivity contribution in [2.24, 2.45) is 10.7 Å². The summed E-state index contributed by atoms with van der Waals surface area (Å²) in [7, 11) is 2.09. The second kappa shape index (κ2) is 10.0. The quantitative estimate of drug-likeness (QED) is 0.376. The van der Waals surface area contributed by atoms with Gasteiger partial charge in [-0.2, -0.15) is 0 Å². The molecule has 0 aliphatic heterocycles. The first-order chi connectivity index (χ1) is 11.3. The molecule has 1 saturated carbocycles. The van der Waals surface area contributed by atoms with Gasteiger partial charge in [0.2, 0.25) is 0 Å². The minimum atomic E-state index is -4.69. The smallest absolute Gasteiger partial charge is 0.406 e. The van der Waals surface area contributed by atoms with Crippen molar-refractivity contribution in [1.82, 2.24) is 4.90 Å². The van der Waals surface area contributed by atoms with E-state index < -0.39 is 6.36 Å². The molecule has 1 aliphatic carbocycles. The van der Waals surface area contributed by atoms with Crippen molar-refractivity contribution in [2.45, 2.75) is 38.1 Å². The molecule has 1 fully saturated rings. The van der Waals surface area contributed by atoms with E-state index in [0.717, 1.165) is 6.54 Å². The number of nitrogens with two attached hydrogens (primary N) is 1. The Morgan fingerprint density at radius 2 is 1.88 bits per heavy atom. The molecule has 1 aromatic carbocycles. The Balaban J connectivity index is 0.00000312. The third-order valence-electron chi connectivity index (χ3n) is 4.04. The Kier molecular flexibility index (Phi) is 8.77. The topological polar surface area (TPSA) is 62.9 Å². The van der Waals surface area contributed by atoms with Crippen LogP contribution in [0.4, 0.5) is 18.9 Å². The van der Waals surface area contributed by atoms with Crippen LogP contribution in [0.25, 0.3) is 0 Å². The van der Waals surface area contributed by atoms with E-state index in [-0.39, 0.29) is 35.7 Å². The standard InChI is InChI=1S/C16H23F3N4O.HI/c1-23(13-4-2-3-5-13)11-10-21-15(20)22-12-6-8-14(9-7-12)24-16(17,18)19;/h6-9,13H,2-5,10-11H2,1H3,(H3,20,21,22);1H. The van der Waals surface area contributed by atoms with Gasteiger partial charge < -0.3 is 20.7 Å². The van der Waals surface area contributed by atoms with Crippen molar-refractivity contribution >= 4 is 35.6 Å². The number of hydrogen-bond acceptors (Lipinski definition) is 3. The molecule has 0 aromatic heterocycles. The molecule has 0 amide bonds. The maximum absolute atomic E-state index is 12.1. The van der Waals surface area contributed by atoms with Crippen LogP contribution in [-0.2, 0) is 0 Å². The Bertz CT molecular complexity index is 545. The number of rotatable bonds is 6. The summed E-state index contributed by atoms with van der Waals surface area (Å²) in [5, 5.41) is 2.85. The number of alkyl halides is 3. The average Bonchev–Trinajstić information content (AvgIpc) is 3.02. The lowest BCUT2D eigenvalue weighted by atomic mass is 10.2. The molecule has 142 valence electrons. The number of benzene rings is 1. The first kappa shape index (κ1) is 21.8. The van der Waals surface area contributed by atoms with Gasteiger partial charge in [0.25, 0.3) is 0 Å². The minimum absolute atomic E-state index is 0. The first-order valence-corrected chi connectivity index (χ1v) is 7.96. The molecule has 3 N–H and O–H groups in total. The number of halogens is 4. The van der Waals surface area contributed by atoms with Crippen LogP contribution in [0, 0.1) is 0 Å². The number of nitrogens with zero attached hydrogens (tertiary/aromatic N) is 2. The third kappa shape index (κ3) is 8.13. The lowest BCUT2D eigenvalue weighted by Crippen LogP contribution is -2.32. The summed E-state index contributed by atoms with van der Waals surface area (Å²) in [6.07, 6.45) is 0.355. The summed E-state index contributed by atoms with van der Waals surface area (Å²) in [6, 6.07) is 5.98. The third-order valence-corrected chi connectivity index (χ3v) is 4.04. The van der Waals surface area contributed by atoms with Gasteiger partial charge in [0.15, 0.2) is 5.96 Å². The normalized spacial score (nSPS) is 16.0. The molecule has 0 spiro atoms. The Labute approximate surface area is 162 Å². The second-order valence-corrected chi connectivity index (χ2v) is 5.88. The van der Waals surface area contributed by atoms with Crippen molar-refractivity contribution in [2.75, 3.05) is 25.5 Å². The lowest BCUT2D eigenvalue weighted by molar-refractivity contribution is -0.274. The van der Waals surface area contributed by atoms with Gasteiger partial charge in [0, 0.05) is 18.3 Å². The van der Waals surface area contributed by atoms with Gasteiger partial charge in [0.05, 0.1) is 6.54 Å².